The van der Waals surface area contributed by atoms with Gasteiger partial charge in [0, 0.05) is 6.20 Å². The van der Waals surface area contributed by atoms with Crippen molar-refractivity contribution >= 4 is 29.1 Å². The van der Waals surface area contributed by atoms with Crippen molar-refractivity contribution in [2.24, 2.45) is 0 Å². The summed E-state index contributed by atoms with van der Waals surface area (Å²) in [5.74, 6) is -0.139. The molecule has 0 aromatic carbocycles. The number of nitrogens with zero attached hydrogens (tertiary/aromatic N) is 4. The average Bonchev–Trinajstić information content (AvgIpc) is 2.57. The van der Waals surface area contributed by atoms with E-state index >= 15 is 0 Å². The molecule has 7 nitrogen and oxygen atoms in total. The van der Waals surface area contributed by atoms with Gasteiger partial charge in [-0.2, -0.15) is 5.10 Å². The van der Waals surface area contributed by atoms with Crippen molar-refractivity contribution in [3.05, 3.63) is 28.8 Å². The number of anilines is 2. The second kappa shape index (κ2) is 5.23. The summed E-state index contributed by atoms with van der Waals surface area (Å²) >= 11 is 5.70. The molecular formula is C11H13ClN6O. The summed E-state index contributed by atoms with van der Waals surface area (Å²) < 4.78 is 1.53. The summed E-state index contributed by atoms with van der Waals surface area (Å²) in [6, 6.07) is 1.53. The Balaban J connectivity index is 2.07. The maximum Gasteiger partial charge on any atom is 0.248 e. The fourth-order valence-electron chi connectivity index (χ4n) is 1.56. The quantitative estimate of drug-likeness (QED) is 0.822. The van der Waals surface area contributed by atoms with Crippen LogP contribution in [0.1, 0.15) is 11.4 Å². The molecule has 19 heavy (non-hydrogen) atoms. The molecule has 0 radical (unpaired) electrons. The third-order valence-electron chi connectivity index (χ3n) is 2.60. The average molecular weight is 281 g/mol. The van der Waals surface area contributed by atoms with E-state index < -0.39 is 0 Å². The molecule has 0 unspecified atom stereocenters. The second-order valence-electron chi connectivity index (χ2n) is 3.99. The lowest BCUT2D eigenvalue weighted by Gasteiger charge is -2.05. The van der Waals surface area contributed by atoms with E-state index in [2.05, 4.69) is 20.4 Å². The minimum Gasteiger partial charge on any atom is -0.396 e. The highest BCUT2D eigenvalue weighted by molar-refractivity contribution is 6.29. The molecule has 2 aromatic heterocycles. The van der Waals surface area contributed by atoms with Gasteiger partial charge in [0.1, 0.15) is 11.7 Å². The molecule has 2 heterocycles. The van der Waals surface area contributed by atoms with Crippen LogP contribution in [0.4, 0.5) is 11.6 Å². The molecule has 0 saturated carbocycles. The molecule has 100 valence electrons. The van der Waals surface area contributed by atoms with Crippen molar-refractivity contribution < 1.29 is 4.79 Å². The maximum atomic E-state index is 11.8. The Kier molecular flexibility index (Phi) is 3.66. The van der Waals surface area contributed by atoms with Gasteiger partial charge in [0.2, 0.25) is 11.9 Å². The first-order valence-electron chi connectivity index (χ1n) is 5.55. The lowest BCUT2D eigenvalue weighted by molar-refractivity contribution is -0.117. The smallest absolute Gasteiger partial charge is 0.248 e. The van der Waals surface area contributed by atoms with Crippen LogP contribution < -0.4 is 11.1 Å². The highest BCUT2D eigenvalue weighted by Crippen LogP contribution is 2.14. The number of hydrogen-bond donors (Lipinski definition) is 2. The summed E-state index contributed by atoms with van der Waals surface area (Å²) in [7, 11) is 0. The van der Waals surface area contributed by atoms with Crippen LogP contribution in [-0.2, 0) is 11.3 Å². The maximum absolute atomic E-state index is 11.8. The molecule has 1 amide bonds. The number of carbonyl (C=O) groups excluding carboxylic acids is 1. The van der Waals surface area contributed by atoms with E-state index in [1.807, 2.05) is 0 Å². The Morgan fingerprint density at radius 2 is 2.26 bits per heavy atom. The third kappa shape index (κ3) is 3.00. The first kappa shape index (κ1) is 13.3. The van der Waals surface area contributed by atoms with Crippen LogP contribution in [-0.4, -0.2) is 25.7 Å². The molecule has 3 N–H and O–H groups in total. The van der Waals surface area contributed by atoms with Crippen molar-refractivity contribution in [3.63, 3.8) is 0 Å². The van der Waals surface area contributed by atoms with E-state index in [1.165, 1.54) is 16.9 Å². The van der Waals surface area contributed by atoms with Gasteiger partial charge in [-0.3, -0.25) is 14.8 Å². The van der Waals surface area contributed by atoms with Crippen LogP contribution in [0.5, 0.6) is 0 Å². The largest absolute Gasteiger partial charge is 0.396 e. The van der Waals surface area contributed by atoms with Crippen LogP contribution in [0.3, 0.4) is 0 Å². The summed E-state index contributed by atoms with van der Waals surface area (Å²) in [6.45, 7) is 3.63. The monoisotopic (exact) mass is 280 g/mol. The summed E-state index contributed by atoms with van der Waals surface area (Å²) in [5.41, 5.74) is 7.83. The van der Waals surface area contributed by atoms with Crippen LogP contribution in [0.25, 0.3) is 0 Å². The van der Waals surface area contributed by atoms with Crippen molar-refractivity contribution in [1.29, 1.82) is 0 Å². The number of halogens is 1. The number of hydrogen-bond acceptors (Lipinski definition) is 5. The van der Waals surface area contributed by atoms with E-state index in [9.17, 15) is 4.79 Å². The highest BCUT2D eigenvalue weighted by atomic mass is 35.5. The lowest BCUT2D eigenvalue weighted by Crippen LogP contribution is -2.21. The SMILES string of the molecule is Cc1nn(CC(=O)Nc2nccc(Cl)n2)c(C)c1N. The molecule has 0 bridgehead atoms. The number of nitrogens with two attached hydrogens (primary N) is 1. The van der Waals surface area contributed by atoms with Gasteiger partial charge >= 0.3 is 0 Å². The molecule has 2 rings (SSSR count). The number of nitrogens with one attached hydrogen (secondary N) is 1. The molecule has 0 aliphatic rings. The van der Waals surface area contributed by atoms with E-state index in [0.29, 0.717) is 11.4 Å². The fraction of sp³-hybridized carbons (Fsp3) is 0.273. The molecule has 0 aliphatic carbocycles. The van der Waals surface area contributed by atoms with Gasteiger partial charge in [-0.15, -0.1) is 0 Å². The lowest BCUT2D eigenvalue weighted by atomic mass is 10.3. The Labute approximate surface area is 114 Å². The predicted octanol–water partition coefficient (Wildman–Crippen LogP) is 1.16. The van der Waals surface area contributed by atoms with Gasteiger partial charge in [-0.05, 0) is 19.9 Å². The number of rotatable bonds is 3. The number of amides is 1. The molecule has 0 spiro atoms. The molecule has 0 aliphatic heterocycles. The molecular weight excluding hydrogens is 268 g/mol. The third-order valence-corrected chi connectivity index (χ3v) is 2.81. The Morgan fingerprint density at radius 3 is 2.84 bits per heavy atom. The van der Waals surface area contributed by atoms with Crippen LogP contribution in [0.2, 0.25) is 5.15 Å². The fourth-order valence-corrected chi connectivity index (χ4v) is 1.70. The summed E-state index contributed by atoms with van der Waals surface area (Å²) in [5, 5.41) is 6.98. The van der Waals surface area contributed by atoms with Crippen LogP contribution in [0.15, 0.2) is 12.3 Å². The Bertz CT molecular complexity index is 624. The number of carbonyl (C=O) groups is 1. The Hall–Kier alpha value is -2.15. The molecule has 0 saturated heterocycles. The van der Waals surface area contributed by atoms with Gasteiger partial charge in [0.25, 0.3) is 0 Å². The zero-order chi connectivity index (χ0) is 14.0. The van der Waals surface area contributed by atoms with E-state index in [0.717, 1.165) is 5.69 Å². The minimum absolute atomic E-state index is 0.0414. The number of aryl methyl sites for hydroxylation is 1. The van der Waals surface area contributed by atoms with Crippen LogP contribution >= 0.6 is 11.6 Å². The summed E-state index contributed by atoms with van der Waals surface area (Å²) in [4.78, 5) is 19.6. The first-order chi connectivity index (χ1) is 8.97. The number of nitrogen functional groups attached to an aromatic ring is 1. The van der Waals surface area contributed by atoms with E-state index in [-0.39, 0.29) is 23.6 Å². The molecule has 0 fully saturated rings. The van der Waals surface area contributed by atoms with E-state index in [1.54, 1.807) is 13.8 Å². The standard InChI is InChI=1S/C11H13ClN6O/c1-6-10(13)7(2)18(17-6)5-9(19)16-11-14-4-3-8(12)15-11/h3-4H,5,13H2,1-2H3,(H,14,15,16,19). The minimum atomic E-state index is -0.298. The number of aromatic nitrogens is 4. The molecule has 0 atom stereocenters. The Morgan fingerprint density at radius 1 is 1.53 bits per heavy atom. The van der Waals surface area contributed by atoms with Crippen molar-refractivity contribution in [3.8, 4) is 0 Å². The summed E-state index contributed by atoms with van der Waals surface area (Å²) in [6.07, 6.45) is 1.46. The van der Waals surface area contributed by atoms with Crippen LogP contribution in [0, 0.1) is 13.8 Å². The van der Waals surface area contributed by atoms with Gasteiger partial charge in [-0.1, -0.05) is 11.6 Å². The van der Waals surface area contributed by atoms with Gasteiger partial charge < -0.3 is 5.73 Å². The van der Waals surface area contributed by atoms with Gasteiger partial charge in [-0.25, -0.2) is 9.97 Å². The zero-order valence-corrected chi connectivity index (χ0v) is 11.3. The molecule has 8 heteroatoms. The normalized spacial score (nSPS) is 10.5. The second-order valence-corrected chi connectivity index (χ2v) is 4.38. The topological polar surface area (TPSA) is 98.7 Å². The van der Waals surface area contributed by atoms with Crippen molar-refractivity contribution in [2.45, 2.75) is 20.4 Å². The molecule has 2 aromatic rings. The van der Waals surface area contributed by atoms with Gasteiger partial charge in [0.05, 0.1) is 17.1 Å². The zero-order valence-electron chi connectivity index (χ0n) is 10.5. The first-order valence-corrected chi connectivity index (χ1v) is 5.93. The van der Waals surface area contributed by atoms with Crippen molar-refractivity contribution in [1.82, 2.24) is 19.7 Å². The predicted molar refractivity (Wildman–Crippen MR) is 71.8 cm³/mol. The van der Waals surface area contributed by atoms with Gasteiger partial charge in [0.15, 0.2) is 0 Å². The van der Waals surface area contributed by atoms with Crippen molar-refractivity contribution in [2.75, 3.05) is 11.1 Å². The highest BCUT2D eigenvalue weighted by Gasteiger charge is 2.12. The van der Waals surface area contributed by atoms with E-state index in [4.69, 9.17) is 17.3 Å².